The fraction of sp³-hybridized carbons (Fsp3) is 0.214. The molecule has 2 rings (SSSR count). The molecule has 2 nitrogen and oxygen atoms in total. The van der Waals surface area contributed by atoms with Gasteiger partial charge in [-0.2, -0.15) is 0 Å². The first-order valence-electron chi connectivity index (χ1n) is 5.37. The normalized spacial score (nSPS) is 12.6. The van der Waals surface area contributed by atoms with Crippen LogP contribution < -0.4 is 0 Å². The Balaban J connectivity index is 2.29. The minimum Gasteiger partial charge on any atom is -0.481 e. The summed E-state index contributed by atoms with van der Waals surface area (Å²) in [5.74, 6) is -1.07. The van der Waals surface area contributed by atoms with E-state index in [1.165, 1.54) is 5.39 Å². The topological polar surface area (TPSA) is 37.3 Å². The van der Waals surface area contributed by atoms with Crippen LogP contribution in [0.1, 0.15) is 12.5 Å². The molecule has 2 heteroatoms. The summed E-state index contributed by atoms with van der Waals surface area (Å²) >= 11 is 0. The molecular formula is C14H14O2. The highest BCUT2D eigenvalue weighted by Gasteiger charge is 2.11. The molecule has 0 aliphatic carbocycles. The van der Waals surface area contributed by atoms with E-state index in [1.807, 2.05) is 30.3 Å². The Hall–Kier alpha value is -1.83. The second kappa shape index (κ2) is 4.35. The zero-order valence-corrected chi connectivity index (χ0v) is 9.18. The summed E-state index contributed by atoms with van der Waals surface area (Å²) in [6.07, 6.45) is 0.583. The zero-order chi connectivity index (χ0) is 11.5. The van der Waals surface area contributed by atoms with Crippen molar-refractivity contribution in [3.05, 3.63) is 48.0 Å². The summed E-state index contributed by atoms with van der Waals surface area (Å²) in [6.45, 7) is 1.73. The molecule has 1 atom stereocenters. The van der Waals surface area contributed by atoms with Crippen LogP contribution in [0, 0.1) is 5.92 Å². The molecule has 0 radical (unpaired) electrons. The zero-order valence-electron chi connectivity index (χ0n) is 9.18. The monoisotopic (exact) mass is 214 g/mol. The Morgan fingerprint density at radius 3 is 2.56 bits per heavy atom. The van der Waals surface area contributed by atoms with Crippen molar-refractivity contribution in [3.63, 3.8) is 0 Å². The van der Waals surface area contributed by atoms with E-state index in [-0.39, 0.29) is 5.92 Å². The Morgan fingerprint density at radius 2 is 1.88 bits per heavy atom. The van der Waals surface area contributed by atoms with Crippen molar-refractivity contribution in [1.29, 1.82) is 0 Å². The molecule has 1 unspecified atom stereocenters. The van der Waals surface area contributed by atoms with E-state index in [9.17, 15) is 4.79 Å². The highest BCUT2D eigenvalue weighted by Crippen LogP contribution is 2.17. The van der Waals surface area contributed by atoms with Crippen molar-refractivity contribution >= 4 is 16.7 Å². The van der Waals surface area contributed by atoms with Crippen LogP contribution in [-0.2, 0) is 11.2 Å². The molecule has 0 aliphatic rings. The first kappa shape index (κ1) is 10.7. The van der Waals surface area contributed by atoms with Crippen LogP contribution in [0.5, 0.6) is 0 Å². The third kappa shape index (κ3) is 2.22. The lowest BCUT2D eigenvalue weighted by Gasteiger charge is -2.07. The minimum atomic E-state index is -0.742. The summed E-state index contributed by atoms with van der Waals surface area (Å²) in [7, 11) is 0. The number of rotatable bonds is 3. The summed E-state index contributed by atoms with van der Waals surface area (Å²) in [5, 5.41) is 11.2. The molecular weight excluding hydrogens is 200 g/mol. The Bertz CT molecular complexity index is 517. The molecule has 0 heterocycles. The molecule has 0 amide bonds. The second-order valence-electron chi connectivity index (χ2n) is 4.12. The van der Waals surface area contributed by atoms with Gasteiger partial charge in [0, 0.05) is 0 Å². The first-order chi connectivity index (χ1) is 7.66. The smallest absolute Gasteiger partial charge is 0.306 e. The number of carboxylic acid groups (broad SMARTS) is 1. The molecule has 0 saturated carbocycles. The summed E-state index contributed by atoms with van der Waals surface area (Å²) in [6, 6.07) is 14.2. The van der Waals surface area contributed by atoms with Crippen LogP contribution in [0.25, 0.3) is 10.8 Å². The Morgan fingerprint density at radius 1 is 1.19 bits per heavy atom. The Kier molecular flexibility index (Phi) is 2.91. The molecule has 0 fully saturated rings. The molecule has 2 aromatic carbocycles. The summed E-state index contributed by atoms with van der Waals surface area (Å²) in [4.78, 5) is 10.8. The lowest BCUT2D eigenvalue weighted by Crippen LogP contribution is -2.12. The third-order valence-electron chi connectivity index (χ3n) is 2.78. The standard InChI is InChI=1S/C14H14O2/c1-10(14(15)16)8-11-6-7-12-4-2-3-5-13(12)9-11/h2-7,9-10H,8H2,1H3,(H,15,16). The van der Waals surface area contributed by atoms with Gasteiger partial charge in [0.1, 0.15) is 0 Å². The number of carboxylic acids is 1. The SMILES string of the molecule is CC(Cc1ccc2ccccc2c1)C(=O)O. The van der Waals surface area contributed by atoms with Crippen molar-refractivity contribution in [2.24, 2.45) is 5.92 Å². The van der Waals surface area contributed by atoms with Gasteiger partial charge in [-0.1, -0.05) is 49.4 Å². The van der Waals surface area contributed by atoms with Gasteiger partial charge in [-0.15, -0.1) is 0 Å². The average Bonchev–Trinajstić information content (AvgIpc) is 2.28. The maximum atomic E-state index is 10.8. The predicted molar refractivity (Wildman–Crippen MR) is 64.5 cm³/mol. The molecule has 82 valence electrons. The Labute approximate surface area is 94.5 Å². The van der Waals surface area contributed by atoms with E-state index < -0.39 is 5.97 Å². The van der Waals surface area contributed by atoms with Crippen LogP contribution in [0.2, 0.25) is 0 Å². The fourth-order valence-corrected chi connectivity index (χ4v) is 1.81. The third-order valence-corrected chi connectivity index (χ3v) is 2.78. The highest BCUT2D eigenvalue weighted by atomic mass is 16.4. The van der Waals surface area contributed by atoms with Gasteiger partial charge >= 0.3 is 5.97 Å². The van der Waals surface area contributed by atoms with E-state index in [2.05, 4.69) is 12.1 Å². The van der Waals surface area contributed by atoms with Crippen molar-refractivity contribution in [2.75, 3.05) is 0 Å². The van der Waals surface area contributed by atoms with Crippen LogP contribution in [0.3, 0.4) is 0 Å². The van der Waals surface area contributed by atoms with Gasteiger partial charge in [0.2, 0.25) is 0 Å². The van der Waals surface area contributed by atoms with E-state index in [1.54, 1.807) is 6.92 Å². The number of fused-ring (bicyclic) bond motifs is 1. The lowest BCUT2D eigenvalue weighted by molar-refractivity contribution is -0.141. The molecule has 0 aliphatic heterocycles. The van der Waals surface area contributed by atoms with Crippen molar-refractivity contribution in [3.8, 4) is 0 Å². The molecule has 0 aromatic heterocycles. The van der Waals surface area contributed by atoms with E-state index in [4.69, 9.17) is 5.11 Å². The van der Waals surface area contributed by atoms with Crippen molar-refractivity contribution < 1.29 is 9.90 Å². The average molecular weight is 214 g/mol. The molecule has 1 N–H and O–H groups in total. The highest BCUT2D eigenvalue weighted by molar-refractivity contribution is 5.83. The first-order valence-corrected chi connectivity index (χ1v) is 5.37. The maximum absolute atomic E-state index is 10.8. The van der Waals surface area contributed by atoms with Gasteiger partial charge in [-0.05, 0) is 22.8 Å². The minimum absolute atomic E-state index is 0.332. The summed E-state index contributed by atoms with van der Waals surface area (Å²) in [5.41, 5.74) is 1.08. The molecule has 16 heavy (non-hydrogen) atoms. The molecule has 0 spiro atoms. The number of carbonyl (C=O) groups is 1. The number of aliphatic carboxylic acids is 1. The van der Waals surface area contributed by atoms with Crippen molar-refractivity contribution in [1.82, 2.24) is 0 Å². The van der Waals surface area contributed by atoms with E-state index in [0.29, 0.717) is 6.42 Å². The lowest BCUT2D eigenvalue weighted by atomic mass is 9.99. The van der Waals surface area contributed by atoms with Crippen LogP contribution in [0.4, 0.5) is 0 Å². The van der Waals surface area contributed by atoms with Gasteiger partial charge < -0.3 is 5.11 Å². The van der Waals surface area contributed by atoms with Crippen LogP contribution >= 0.6 is 0 Å². The molecule has 0 bridgehead atoms. The van der Waals surface area contributed by atoms with Crippen LogP contribution in [-0.4, -0.2) is 11.1 Å². The van der Waals surface area contributed by atoms with Gasteiger partial charge in [0.25, 0.3) is 0 Å². The van der Waals surface area contributed by atoms with Gasteiger partial charge in [0.05, 0.1) is 5.92 Å². The fourth-order valence-electron chi connectivity index (χ4n) is 1.81. The van der Waals surface area contributed by atoms with Crippen molar-refractivity contribution in [2.45, 2.75) is 13.3 Å². The van der Waals surface area contributed by atoms with Crippen LogP contribution in [0.15, 0.2) is 42.5 Å². The van der Waals surface area contributed by atoms with Gasteiger partial charge in [0.15, 0.2) is 0 Å². The number of hydrogen-bond acceptors (Lipinski definition) is 1. The van der Waals surface area contributed by atoms with Gasteiger partial charge in [-0.3, -0.25) is 4.79 Å². The maximum Gasteiger partial charge on any atom is 0.306 e. The molecule has 2 aromatic rings. The second-order valence-corrected chi connectivity index (χ2v) is 4.12. The summed E-state index contributed by atoms with van der Waals surface area (Å²) < 4.78 is 0. The molecule has 0 saturated heterocycles. The van der Waals surface area contributed by atoms with E-state index in [0.717, 1.165) is 10.9 Å². The number of hydrogen-bond donors (Lipinski definition) is 1. The predicted octanol–water partition coefficient (Wildman–Crippen LogP) is 3.10. The number of benzene rings is 2. The largest absolute Gasteiger partial charge is 0.481 e. The van der Waals surface area contributed by atoms with Gasteiger partial charge in [-0.25, -0.2) is 0 Å². The van der Waals surface area contributed by atoms with E-state index >= 15 is 0 Å². The quantitative estimate of drug-likeness (QED) is 0.852.